The molecule has 3 heteroatoms. The van der Waals surface area contributed by atoms with Crippen molar-refractivity contribution >= 4 is 11.5 Å². The molecule has 92 valence electrons. The van der Waals surface area contributed by atoms with Crippen molar-refractivity contribution in [3.8, 4) is 0 Å². The Morgan fingerprint density at radius 3 is 2.71 bits per heavy atom. The maximum Gasteiger partial charge on any atom is 0.157 e. The summed E-state index contributed by atoms with van der Waals surface area (Å²) < 4.78 is 5.24. The van der Waals surface area contributed by atoms with Crippen LogP contribution in [0.15, 0.2) is 24.3 Å². The van der Waals surface area contributed by atoms with Crippen LogP contribution in [0.4, 0.5) is 5.69 Å². The van der Waals surface area contributed by atoms with Crippen LogP contribution < -0.4 is 4.90 Å². The van der Waals surface area contributed by atoms with Gasteiger partial charge in [-0.2, -0.15) is 0 Å². The van der Waals surface area contributed by atoms with Gasteiger partial charge in [-0.25, -0.2) is 0 Å². The fourth-order valence-electron chi connectivity index (χ4n) is 2.04. The SMILES string of the molecule is Cc1ccc(N(C)CC(=O)C2CCOC2)cc1. The average molecular weight is 233 g/mol. The lowest BCUT2D eigenvalue weighted by Gasteiger charge is -2.20. The maximum absolute atomic E-state index is 12.0. The van der Waals surface area contributed by atoms with Gasteiger partial charge in [0.2, 0.25) is 0 Å². The number of carbonyl (C=O) groups excluding carboxylic acids is 1. The summed E-state index contributed by atoms with van der Waals surface area (Å²) in [5, 5.41) is 0. The van der Waals surface area contributed by atoms with Gasteiger partial charge in [0.05, 0.1) is 13.2 Å². The Kier molecular flexibility index (Phi) is 3.79. The van der Waals surface area contributed by atoms with Crippen molar-refractivity contribution in [3.05, 3.63) is 29.8 Å². The van der Waals surface area contributed by atoms with Gasteiger partial charge in [-0.05, 0) is 25.5 Å². The summed E-state index contributed by atoms with van der Waals surface area (Å²) in [7, 11) is 1.96. The highest BCUT2D eigenvalue weighted by atomic mass is 16.5. The highest BCUT2D eigenvalue weighted by Crippen LogP contribution is 2.17. The molecule has 3 nitrogen and oxygen atoms in total. The van der Waals surface area contributed by atoms with Gasteiger partial charge in [-0.15, -0.1) is 0 Å². The molecule has 17 heavy (non-hydrogen) atoms. The first-order valence-electron chi connectivity index (χ1n) is 6.05. The predicted molar refractivity (Wildman–Crippen MR) is 68.4 cm³/mol. The van der Waals surface area contributed by atoms with Gasteiger partial charge in [0.1, 0.15) is 0 Å². The van der Waals surface area contributed by atoms with E-state index in [9.17, 15) is 4.79 Å². The molecule has 1 heterocycles. The van der Waals surface area contributed by atoms with Crippen LogP contribution in [-0.4, -0.2) is 32.6 Å². The second kappa shape index (κ2) is 5.32. The lowest BCUT2D eigenvalue weighted by Crippen LogP contribution is -2.30. The van der Waals surface area contributed by atoms with Gasteiger partial charge in [-0.3, -0.25) is 4.79 Å². The summed E-state index contributed by atoms with van der Waals surface area (Å²) in [5.74, 6) is 0.383. The van der Waals surface area contributed by atoms with Crippen LogP contribution in [0.2, 0.25) is 0 Å². The van der Waals surface area contributed by atoms with E-state index in [1.807, 2.05) is 24.1 Å². The first kappa shape index (κ1) is 12.1. The zero-order valence-electron chi connectivity index (χ0n) is 10.5. The molecule has 1 fully saturated rings. The van der Waals surface area contributed by atoms with Crippen molar-refractivity contribution < 1.29 is 9.53 Å². The summed E-state index contributed by atoms with van der Waals surface area (Å²) in [4.78, 5) is 14.0. The number of Topliss-reactive ketones (excluding diaryl/α,β-unsaturated/α-hetero) is 1. The lowest BCUT2D eigenvalue weighted by molar-refractivity contribution is -0.121. The van der Waals surface area contributed by atoms with E-state index in [-0.39, 0.29) is 11.7 Å². The van der Waals surface area contributed by atoms with Crippen LogP contribution in [0.25, 0.3) is 0 Å². The van der Waals surface area contributed by atoms with E-state index in [0.29, 0.717) is 13.2 Å². The predicted octanol–water partition coefficient (Wildman–Crippen LogP) is 2.04. The number of ketones is 1. The third-order valence-electron chi connectivity index (χ3n) is 3.25. The first-order valence-corrected chi connectivity index (χ1v) is 6.05. The minimum atomic E-state index is 0.0999. The molecule has 2 rings (SSSR count). The molecule has 0 aromatic heterocycles. The number of ether oxygens (including phenoxy) is 1. The molecule has 1 atom stereocenters. The van der Waals surface area contributed by atoms with E-state index in [2.05, 4.69) is 19.1 Å². The fourth-order valence-corrected chi connectivity index (χ4v) is 2.04. The minimum Gasteiger partial charge on any atom is -0.381 e. The van der Waals surface area contributed by atoms with Crippen molar-refractivity contribution in [2.24, 2.45) is 5.92 Å². The molecular formula is C14H19NO2. The molecule has 0 spiro atoms. The Bertz CT molecular complexity index is 380. The summed E-state index contributed by atoms with van der Waals surface area (Å²) in [6.07, 6.45) is 0.876. The Hall–Kier alpha value is -1.35. The highest BCUT2D eigenvalue weighted by molar-refractivity contribution is 5.85. The molecule has 0 amide bonds. The molecule has 0 radical (unpaired) electrons. The van der Waals surface area contributed by atoms with Gasteiger partial charge in [0, 0.05) is 25.3 Å². The van der Waals surface area contributed by atoms with Crippen molar-refractivity contribution in [2.45, 2.75) is 13.3 Å². The second-order valence-electron chi connectivity index (χ2n) is 4.72. The highest BCUT2D eigenvalue weighted by Gasteiger charge is 2.24. The molecule has 1 aromatic rings. The third-order valence-corrected chi connectivity index (χ3v) is 3.25. The summed E-state index contributed by atoms with van der Waals surface area (Å²) in [5.41, 5.74) is 2.32. The molecule has 1 unspecified atom stereocenters. The number of hydrogen-bond acceptors (Lipinski definition) is 3. The fraction of sp³-hybridized carbons (Fsp3) is 0.500. The summed E-state index contributed by atoms with van der Waals surface area (Å²) >= 11 is 0. The van der Waals surface area contributed by atoms with Gasteiger partial charge < -0.3 is 9.64 Å². The van der Waals surface area contributed by atoms with Crippen molar-refractivity contribution in [2.75, 3.05) is 31.7 Å². The number of anilines is 1. The number of hydrogen-bond donors (Lipinski definition) is 0. The quantitative estimate of drug-likeness (QED) is 0.797. The topological polar surface area (TPSA) is 29.5 Å². The largest absolute Gasteiger partial charge is 0.381 e. The average Bonchev–Trinajstić information content (AvgIpc) is 2.83. The van der Waals surface area contributed by atoms with Crippen LogP contribution in [0.5, 0.6) is 0 Å². The molecule has 1 aliphatic rings. The van der Waals surface area contributed by atoms with Crippen LogP contribution >= 0.6 is 0 Å². The van der Waals surface area contributed by atoms with E-state index < -0.39 is 0 Å². The molecule has 1 aliphatic heterocycles. The van der Waals surface area contributed by atoms with E-state index in [4.69, 9.17) is 4.74 Å². The molecule has 0 bridgehead atoms. The van der Waals surface area contributed by atoms with Crippen molar-refractivity contribution in [1.82, 2.24) is 0 Å². The van der Waals surface area contributed by atoms with Crippen LogP contribution in [-0.2, 0) is 9.53 Å². The number of carbonyl (C=O) groups is 1. The molecule has 0 saturated carbocycles. The molecule has 0 aliphatic carbocycles. The van der Waals surface area contributed by atoms with E-state index in [0.717, 1.165) is 18.7 Å². The van der Waals surface area contributed by atoms with Gasteiger partial charge in [0.25, 0.3) is 0 Å². The standard InChI is InChI=1S/C14H19NO2/c1-11-3-5-13(6-4-11)15(2)9-14(16)12-7-8-17-10-12/h3-6,12H,7-10H2,1-2H3. The lowest BCUT2D eigenvalue weighted by atomic mass is 10.0. The molecular weight excluding hydrogens is 214 g/mol. The Labute approximate surface area is 102 Å². The zero-order valence-corrected chi connectivity index (χ0v) is 10.5. The number of benzene rings is 1. The van der Waals surface area contributed by atoms with E-state index >= 15 is 0 Å². The second-order valence-corrected chi connectivity index (χ2v) is 4.72. The summed E-state index contributed by atoms with van der Waals surface area (Å²) in [6, 6.07) is 8.23. The number of likely N-dealkylation sites (N-methyl/N-ethyl adjacent to an activating group) is 1. The summed E-state index contributed by atoms with van der Waals surface area (Å²) in [6.45, 7) is 3.85. The Morgan fingerprint density at radius 2 is 2.12 bits per heavy atom. The first-order chi connectivity index (χ1) is 8.16. The van der Waals surface area contributed by atoms with Crippen LogP contribution in [0.1, 0.15) is 12.0 Å². The van der Waals surface area contributed by atoms with Crippen LogP contribution in [0, 0.1) is 12.8 Å². The molecule has 1 saturated heterocycles. The number of aryl methyl sites for hydroxylation is 1. The van der Waals surface area contributed by atoms with Crippen LogP contribution in [0.3, 0.4) is 0 Å². The smallest absolute Gasteiger partial charge is 0.157 e. The van der Waals surface area contributed by atoms with E-state index in [1.54, 1.807) is 0 Å². The minimum absolute atomic E-state index is 0.0999. The number of nitrogens with zero attached hydrogens (tertiary/aromatic N) is 1. The van der Waals surface area contributed by atoms with Crippen molar-refractivity contribution in [3.63, 3.8) is 0 Å². The Balaban J connectivity index is 1.93. The van der Waals surface area contributed by atoms with Crippen molar-refractivity contribution in [1.29, 1.82) is 0 Å². The molecule has 1 aromatic carbocycles. The zero-order chi connectivity index (χ0) is 12.3. The monoisotopic (exact) mass is 233 g/mol. The third kappa shape index (κ3) is 3.07. The van der Waals surface area contributed by atoms with Gasteiger partial charge in [-0.1, -0.05) is 17.7 Å². The normalized spacial score (nSPS) is 19.3. The van der Waals surface area contributed by atoms with Gasteiger partial charge >= 0.3 is 0 Å². The Morgan fingerprint density at radius 1 is 1.41 bits per heavy atom. The number of rotatable bonds is 4. The van der Waals surface area contributed by atoms with Gasteiger partial charge in [0.15, 0.2) is 5.78 Å². The maximum atomic E-state index is 12.0. The van der Waals surface area contributed by atoms with E-state index in [1.165, 1.54) is 5.56 Å². The molecule has 0 N–H and O–H groups in total.